The lowest BCUT2D eigenvalue weighted by molar-refractivity contribution is 0.390. The van der Waals surface area contributed by atoms with Gasteiger partial charge in [-0.25, -0.2) is 9.37 Å². The quantitative estimate of drug-likeness (QED) is 0.913. The Morgan fingerprint density at radius 2 is 2.05 bits per heavy atom. The van der Waals surface area contributed by atoms with Crippen molar-refractivity contribution >= 4 is 11.6 Å². The molecule has 19 heavy (non-hydrogen) atoms. The van der Waals surface area contributed by atoms with E-state index in [1.165, 1.54) is 6.07 Å². The maximum absolute atomic E-state index is 13.6. The zero-order valence-electron chi connectivity index (χ0n) is 10.5. The molecule has 2 rings (SSSR count). The van der Waals surface area contributed by atoms with E-state index >= 15 is 0 Å². The van der Waals surface area contributed by atoms with Gasteiger partial charge in [0.2, 0.25) is 5.88 Å². The van der Waals surface area contributed by atoms with Crippen LogP contribution in [0.3, 0.4) is 0 Å². The highest BCUT2D eigenvalue weighted by Crippen LogP contribution is 2.16. The van der Waals surface area contributed by atoms with Gasteiger partial charge in [-0.15, -0.1) is 0 Å². The van der Waals surface area contributed by atoms with Crippen molar-refractivity contribution in [2.45, 2.75) is 13.1 Å². The van der Waals surface area contributed by atoms with Gasteiger partial charge in [0.25, 0.3) is 0 Å². The van der Waals surface area contributed by atoms with Gasteiger partial charge in [-0.1, -0.05) is 23.7 Å². The summed E-state index contributed by atoms with van der Waals surface area (Å²) in [4.78, 5) is 4.10. The number of aromatic nitrogens is 1. The van der Waals surface area contributed by atoms with Crippen molar-refractivity contribution in [2.75, 3.05) is 7.11 Å². The van der Waals surface area contributed by atoms with Gasteiger partial charge in [0.15, 0.2) is 0 Å². The highest BCUT2D eigenvalue weighted by atomic mass is 35.5. The van der Waals surface area contributed by atoms with Crippen molar-refractivity contribution in [3.63, 3.8) is 0 Å². The van der Waals surface area contributed by atoms with Crippen LogP contribution >= 0.6 is 11.6 Å². The first-order valence-corrected chi connectivity index (χ1v) is 6.21. The van der Waals surface area contributed by atoms with Crippen LogP contribution < -0.4 is 10.1 Å². The highest BCUT2D eigenvalue weighted by molar-refractivity contribution is 6.30. The second-order valence-corrected chi connectivity index (χ2v) is 4.45. The molecule has 100 valence electrons. The second kappa shape index (κ2) is 6.50. The van der Waals surface area contributed by atoms with E-state index < -0.39 is 0 Å². The Labute approximate surface area is 116 Å². The van der Waals surface area contributed by atoms with Crippen LogP contribution in [0, 0.1) is 5.82 Å². The van der Waals surface area contributed by atoms with E-state index in [-0.39, 0.29) is 5.82 Å². The molecule has 1 N–H and O–H groups in total. The van der Waals surface area contributed by atoms with Crippen molar-refractivity contribution < 1.29 is 9.13 Å². The molecule has 5 heteroatoms. The third-order valence-electron chi connectivity index (χ3n) is 2.69. The summed E-state index contributed by atoms with van der Waals surface area (Å²) in [6.07, 6.45) is 1.67. The summed E-state index contributed by atoms with van der Waals surface area (Å²) in [5, 5.41) is 3.55. The van der Waals surface area contributed by atoms with Crippen molar-refractivity contribution in [3.8, 4) is 5.88 Å². The molecule has 0 spiro atoms. The minimum absolute atomic E-state index is 0.307. The number of nitrogens with one attached hydrogen (secondary N) is 1. The van der Waals surface area contributed by atoms with E-state index in [2.05, 4.69) is 10.3 Å². The van der Waals surface area contributed by atoms with Gasteiger partial charge in [-0.3, -0.25) is 0 Å². The molecule has 0 amide bonds. The summed E-state index contributed by atoms with van der Waals surface area (Å²) in [5.41, 5.74) is 1.51. The molecule has 0 saturated carbocycles. The number of benzene rings is 1. The molecule has 0 bridgehead atoms. The molecular formula is C14H14ClFN2O. The Hall–Kier alpha value is -1.65. The zero-order valence-corrected chi connectivity index (χ0v) is 11.2. The van der Waals surface area contributed by atoms with Crippen LogP contribution in [-0.4, -0.2) is 12.1 Å². The number of hydrogen-bond acceptors (Lipinski definition) is 3. The standard InChI is InChI=1S/C14H14ClFN2O/c1-19-14-11(3-2-6-18-14)9-17-8-10-4-5-12(15)7-13(10)16/h2-7,17H,8-9H2,1H3. The predicted molar refractivity (Wildman–Crippen MR) is 72.7 cm³/mol. The maximum Gasteiger partial charge on any atom is 0.217 e. The Balaban J connectivity index is 1.96. The largest absolute Gasteiger partial charge is 0.481 e. The molecule has 0 aliphatic carbocycles. The summed E-state index contributed by atoms with van der Waals surface area (Å²) in [7, 11) is 1.57. The predicted octanol–water partition coefficient (Wildman–Crippen LogP) is 3.17. The average Bonchev–Trinajstić information content (AvgIpc) is 2.42. The summed E-state index contributed by atoms with van der Waals surface area (Å²) in [6.45, 7) is 0.972. The van der Waals surface area contributed by atoms with Gasteiger partial charge in [-0.05, 0) is 18.2 Å². The van der Waals surface area contributed by atoms with Crippen LogP contribution in [0.1, 0.15) is 11.1 Å². The van der Waals surface area contributed by atoms with Gasteiger partial charge in [0.1, 0.15) is 5.82 Å². The highest BCUT2D eigenvalue weighted by Gasteiger charge is 2.05. The first kappa shape index (κ1) is 13.8. The molecule has 0 atom stereocenters. The molecule has 0 radical (unpaired) electrons. The van der Waals surface area contributed by atoms with Crippen LogP contribution in [0.4, 0.5) is 4.39 Å². The first-order valence-electron chi connectivity index (χ1n) is 5.83. The minimum atomic E-state index is -0.307. The van der Waals surface area contributed by atoms with E-state index in [9.17, 15) is 4.39 Å². The second-order valence-electron chi connectivity index (χ2n) is 4.01. The molecule has 0 fully saturated rings. The summed E-state index contributed by atoms with van der Waals surface area (Å²) < 4.78 is 18.7. The van der Waals surface area contributed by atoms with E-state index in [0.717, 1.165) is 5.56 Å². The monoisotopic (exact) mass is 280 g/mol. The number of halogens is 2. The minimum Gasteiger partial charge on any atom is -0.481 e. The van der Waals surface area contributed by atoms with Crippen LogP contribution in [0.2, 0.25) is 5.02 Å². The Morgan fingerprint density at radius 3 is 2.79 bits per heavy atom. The fourth-order valence-corrected chi connectivity index (χ4v) is 1.90. The molecular weight excluding hydrogens is 267 g/mol. The molecule has 3 nitrogen and oxygen atoms in total. The number of hydrogen-bond donors (Lipinski definition) is 1. The molecule has 0 unspecified atom stereocenters. The average molecular weight is 281 g/mol. The first-order chi connectivity index (χ1) is 9.20. The normalized spacial score (nSPS) is 10.5. The number of nitrogens with zero attached hydrogens (tertiary/aromatic N) is 1. The molecule has 0 aliphatic rings. The van der Waals surface area contributed by atoms with Crippen molar-refractivity contribution in [2.24, 2.45) is 0 Å². The van der Waals surface area contributed by atoms with E-state index in [4.69, 9.17) is 16.3 Å². The lowest BCUT2D eigenvalue weighted by atomic mass is 10.2. The number of methoxy groups -OCH3 is 1. The Morgan fingerprint density at radius 1 is 1.26 bits per heavy atom. The lowest BCUT2D eigenvalue weighted by Gasteiger charge is -2.09. The van der Waals surface area contributed by atoms with E-state index in [1.807, 2.05) is 12.1 Å². The molecule has 1 aromatic carbocycles. The summed E-state index contributed by atoms with van der Waals surface area (Å²) >= 11 is 5.70. The molecule has 2 aromatic rings. The Kier molecular flexibility index (Phi) is 4.71. The van der Waals surface area contributed by atoms with Crippen LogP contribution in [-0.2, 0) is 13.1 Å². The van der Waals surface area contributed by atoms with Gasteiger partial charge in [-0.2, -0.15) is 0 Å². The smallest absolute Gasteiger partial charge is 0.217 e. The zero-order chi connectivity index (χ0) is 13.7. The van der Waals surface area contributed by atoms with Crippen LogP contribution in [0.5, 0.6) is 5.88 Å². The van der Waals surface area contributed by atoms with Crippen molar-refractivity contribution in [3.05, 3.63) is 58.5 Å². The number of ether oxygens (including phenoxy) is 1. The van der Waals surface area contributed by atoms with E-state index in [0.29, 0.717) is 29.6 Å². The molecule has 0 aliphatic heterocycles. The van der Waals surface area contributed by atoms with Gasteiger partial charge >= 0.3 is 0 Å². The molecule has 1 heterocycles. The Bertz CT molecular complexity index is 563. The number of rotatable bonds is 5. The van der Waals surface area contributed by atoms with Crippen molar-refractivity contribution in [1.82, 2.24) is 10.3 Å². The maximum atomic E-state index is 13.6. The van der Waals surface area contributed by atoms with Gasteiger partial charge < -0.3 is 10.1 Å². The van der Waals surface area contributed by atoms with Gasteiger partial charge in [0, 0.05) is 35.4 Å². The summed E-state index contributed by atoms with van der Waals surface area (Å²) in [5.74, 6) is 0.268. The summed E-state index contributed by atoms with van der Waals surface area (Å²) in [6, 6.07) is 8.40. The fraction of sp³-hybridized carbons (Fsp3) is 0.214. The molecule has 1 aromatic heterocycles. The van der Waals surface area contributed by atoms with Crippen LogP contribution in [0.25, 0.3) is 0 Å². The van der Waals surface area contributed by atoms with Crippen LogP contribution in [0.15, 0.2) is 36.5 Å². The SMILES string of the molecule is COc1ncccc1CNCc1ccc(Cl)cc1F. The lowest BCUT2D eigenvalue weighted by Crippen LogP contribution is -2.14. The fourth-order valence-electron chi connectivity index (χ4n) is 1.74. The van der Waals surface area contributed by atoms with E-state index in [1.54, 1.807) is 25.4 Å². The topological polar surface area (TPSA) is 34.1 Å². The third-order valence-corrected chi connectivity index (χ3v) is 2.92. The third kappa shape index (κ3) is 3.66. The van der Waals surface area contributed by atoms with Crippen molar-refractivity contribution in [1.29, 1.82) is 0 Å². The van der Waals surface area contributed by atoms with Gasteiger partial charge in [0.05, 0.1) is 7.11 Å². The molecule has 0 saturated heterocycles. The number of pyridine rings is 1.